The van der Waals surface area contributed by atoms with Crippen molar-refractivity contribution in [3.8, 4) is 0 Å². The molecule has 0 saturated heterocycles. The molecule has 0 saturated carbocycles. The Morgan fingerprint density at radius 3 is 2.43 bits per heavy atom. The lowest BCUT2D eigenvalue weighted by molar-refractivity contribution is -0.120. The zero-order valence-electron chi connectivity index (χ0n) is 12.6. The van der Waals surface area contributed by atoms with Gasteiger partial charge in [0.1, 0.15) is 0 Å². The largest absolute Gasteiger partial charge is 0.397 e. The van der Waals surface area contributed by atoms with E-state index >= 15 is 0 Å². The summed E-state index contributed by atoms with van der Waals surface area (Å²) in [6.45, 7) is 4.42. The minimum atomic E-state index is -0.366. The maximum atomic E-state index is 12.0. The van der Waals surface area contributed by atoms with Crippen LogP contribution in [0.25, 0.3) is 0 Å². The Labute approximate surface area is 125 Å². The third-order valence-corrected chi connectivity index (χ3v) is 3.36. The van der Waals surface area contributed by atoms with Crippen molar-refractivity contribution in [1.82, 2.24) is 0 Å². The zero-order chi connectivity index (χ0) is 15.8. The first kappa shape index (κ1) is 16.8. The lowest BCUT2D eigenvalue weighted by atomic mass is 10.0. The topological polar surface area (TPSA) is 110 Å². The van der Waals surface area contributed by atoms with Crippen LogP contribution in [0.1, 0.15) is 33.1 Å². The van der Waals surface area contributed by atoms with Gasteiger partial charge in [-0.3, -0.25) is 9.59 Å². The quantitative estimate of drug-likeness (QED) is 0.549. The Morgan fingerprint density at radius 1 is 1.24 bits per heavy atom. The molecule has 21 heavy (non-hydrogen) atoms. The maximum Gasteiger partial charge on any atom is 0.227 e. The fourth-order valence-corrected chi connectivity index (χ4v) is 2.03. The molecule has 6 N–H and O–H groups in total. The van der Waals surface area contributed by atoms with Crippen LogP contribution < -0.4 is 22.1 Å². The minimum absolute atomic E-state index is 0.00818. The van der Waals surface area contributed by atoms with E-state index in [9.17, 15) is 9.59 Å². The highest BCUT2D eigenvalue weighted by Gasteiger charge is 2.14. The van der Waals surface area contributed by atoms with Crippen LogP contribution in [0.4, 0.5) is 17.1 Å². The molecule has 0 radical (unpaired) electrons. The van der Waals surface area contributed by atoms with Crippen LogP contribution >= 0.6 is 0 Å². The number of hydrogen-bond acceptors (Lipinski definition) is 4. The van der Waals surface area contributed by atoms with Crippen molar-refractivity contribution in [3.63, 3.8) is 0 Å². The zero-order valence-corrected chi connectivity index (χ0v) is 12.6. The summed E-state index contributed by atoms with van der Waals surface area (Å²) < 4.78 is 0. The van der Waals surface area contributed by atoms with E-state index in [0.717, 1.165) is 18.5 Å². The number of nitrogen functional groups attached to an aromatic ring is 1. The number of primary amides is 1. The molecule has 0 bridgehead atoms. The fraction of sp³-hybridized carbons (Fsp3) is 0.467. The monoisotopic (exact) mass is 292 g/mol. The average molecular weight is 292 g/mol. The summed E-state index contributed by atoms with van der Waals surface area (Å²) in [6.07, 6.45) is 1.86. The van der Waals surface area contributed by atoms with E-state index in [1.54, 1.807) is 18.2 Å². The Bertz CT molecular complexity index is 498. The molecule has 0 fully saturated rings. The highest BCUT2D eigenvalue weighted by atomic mass is 16.2. The highest BCUT2D eigenvalue weighted by molar-refractivity contribution is 5.93. The molecule has 1 aromatic rings. The summed E-state index contributed by atoms with van der Waals surface area (Å²) in [5.41, 5.74) is 12.9. The van der Waals surface area contributed by atoms with Crippen molar-refractivity contribution in [2.24, 2.45) is 11.7 Å². The van der Waals surface area contributed by atoms with Crippen molar-refractivity contribution >= 4 is 28.9 Å². The van der Waals surface area contributed by atoms with Gasteiger partial charge in [-0.2, -0.15) is 0 Å². The summed E-state index contributed by atoms with van der Waals surface area (Å²) in [7, 11) is 0. The molecule has 6 nitrogen and oxygen atoms in total. The van der Waals surface area contributed by atoms with E-state index in [2.05, 4.69) is 10.6 Å². The Balaban J connectivity index is 2.65. The molecule has 0 unspecified atom stereocenters. The normalized spacial score (nSPS) is 10.4. The van der Waals surface area contributed by atoms with Gasteiger partial charge in [0, 0.05) is 24.6 Å². The summed E-state index contributed by atoms with van der Waals surface area (Å²) in [4.78, 5) is 22.7. The number of rotatable bonds is 8. The molecule has 0 aliphatic heterocycles. The predicted molar refractivity (Wildman–Crippen MR) is 85.9 cm³/mol. The predicted octanol–water partition coefficient (Wildman–Crippen LogP) is 1.93. The number of carbonyl (C=O) groups excluding carboxylic acids is 2. The van der Waals surface area contributed by atoms with Gasteiger partial charge in [-0.05, 0) is 31.0 Å². The van der Waals surface area contributed by atoms with Gasteiger partial charge >= 0.3 is 0 Å². The number of nitrogens with one attached hydrogen (secondary N) is 2. The van der Waals surface area contributed by atoms with Crippen molar-refractivity contribution in [1.29, 1.82) is 0 Å². The van der Waals surface area contributed by atoms with E-state index in [-0.39, 0.29) is 24.2 Å². The fourth-order valence-electron chi connectivity index (χ4n) is 2.03. The van der Waals surface area contributed by atoms with E-state index in [1.165, 1.54) is 0 Å². The molecule has 2 amide bonds. The summed E-state index contributed by atoms with van der Waals surface area (Å²) in [5.74, 6) is -0.344. The van der Waals surface area contributed by atoms with Gasteiger partial charge in [0.05, 0.1) is 11.4 Å². The van der Waals surface area contributed by atoms with Gasteiger partial charge in [-0.1, -0.05) is 13.8 Å². The number of nitrogens with two attached hydrogens (primary N) is 2. The van der Waals surface area contributed by atoms with Gasteiger partial charge in [0.25, 0.3) is 0 Å². The Hall–Kier alpha value is -2.24. The molecule has 1 rings (SSSR count). The van der Waals surface area contributed by atoms with Crippen molar-refractivity contribution in [2.45, 2.75) is 33.1 Å². The Morgan fingerprint density at radius 2 is 1.90 bits per heavy atom. The summed E-state index contributed by atoms with van der Waals surface area (Å²) >= 11 is 0. The van der Waals surface area contributed by atoms with Gasteiger partial charge < -0.3 is 22.1 Å². The van der Waals surface area contributed by atoms with Crippen LogP contribution in [-0.2, 0) is 9.59 Å². The molecule has 116 valence electrons. The maximum absolute atomic E-state index is 12.0. The second-order valence-corrected chi connectivity index (χ2v) is 4.95. The van der Waals surface area contributed by atoms with Crippen LogP contribution in [0.15, 0.2) is 18.2 Å². The number of hydrogen-bond donors (Lipinski definition) is 4. The van der Waals surface area contributed by atoms with E-state index in [4.69, 9.17) is 11.5 Å². The second kappa shape index (κ2) is 8.14. The molecular formula is C15H24N4O2. The lowest BCUT2D eigenvalue weighted by Crippen LogP contribution is -2.21. The highest BCUT2D eigenvalue weighted by Crippen LogP contribution is 2.23. The minimum Gasteiger partial charge on any atom is -0.397 e. The van der Waals surface area contributed by atoms with E-state index < -0.39 is 0 Å². The molecule has 0 heterocycles. The number of amides is 2. The SMILES string of the molecule is CCC(CC)C(=O)Nc1ccc(NCCC(N)=O)c(N)c1. The van der Waals surface area contributed by atoms with Gasteiger partial charge in [0.2, 0.25) is 11.8 Å². The molecule has 0 aromatic heterocycles. The lowest BCUT2D eigenvalue weighted by Gasteiger charge is -2.14. The van der Waals surface area contributed by atoms with Crippen molar-refractivity contribution < 1.29 is 9.59 Å². The third kappa shape index (κ3) is 5.33. The number of anilines is 3. The molecule has 0 atom stereocenters. The van der Waals surface area contributed by atoms with Gasteiger partial charge in [-0.15, -0.1) is 0 Å². The first-order valence-corrected chi connectivity index (χ1v) is 7.20. The first-order chi connectivity index (χ1) is 9.97. The van der Waals surface area contributed by atoms with E-state index in [0.29, 0.717) is 17.9 Å². The number of carbonyl (C=O) groups is 2. The molecule has 0 spiro atoms. The van der Waals surface area contributed by atoms with Crippen molar-refractivity contribution in [2.75, 3.05) is 22.9 Å². The van der Waals surface area contributed by atoms with Crippen LogP contribution in [0.5, 0.6) is 0 Å². The molecular weight excluding hydrogens is 268 g/mol. The van der Waals surface area contributed by atoms with Crippen LogP contribution in [0.2, 0.25) is 0 Å². The average Bonchev–Trinajstić information content (AvgIpc) is 2.42. The molecule has 0 aliphatic carbocycles. The molecule has 0 aliphatic rings. The smallest absolute Gasteiger partial charge is 0.227 e. The Kier molecular flexibility index (Phi) is 6.52. The number of benzene rings is 1. The first-order valence-electron chi connectivity index (χ1n) is 7.20. The second-order valence-electron chi connectivity index (χ2n) is 4.95. The molecule has 1 aromatic carbocycles. The summed E-state index contributed by atoms with van der Waals surface area (Å²) in [6, 6.07) is 5.26. The molecule has 6 heteroatoms. The van der Waals surface area contributed by atoms with Crippen molar-refractivity contribution in [3.05, 3.63) is 18.2 Å². The van der Waals surface area contributed by atoms with Gasteiger partial charge in [0.15, 0.2) is 0 Å². The standard InChI is InChI=1S/C15H24N4O2/c1-3-10(4-2)15(21)19-11-5-6-13(12(16)9-11)18-8-7-14(17)20/h5-6,9-10,18H,3-4,7-8,16H2,1-2H3,(H2,17,20)(H,19,21). The van der Waals surface area contributed by atoms with Crippen LogP contribution in [-0.4, -0.2) is 18.4 Å². The van der Waals surface area contributed by atoms with Crippen LogP contribution in [0, 0.1) is 5.92 Å². The third-order valence-electron chi connectivity index (χ3n) is 3.36. The van der Waals surface area contributed by atoms with Crippen LogP contribution in [0.3, 0.4) is 0 Å². The summed E-state index contributed by atoms with van der Waals surface area (Å²) in [5, 5.41) is 5.90. The van der Waals surface area contributed by atoms with Gasteiger partial charge in [-0.25, -0.2) is 0 Å². The van der Waals surface area contributed by atoms with E-state index in [1.807, 2.05) is 13.8 Å².